The second-order valence-corrected chi connectivity index (χ2v) is 3.52. The number of halogens is 2. The molecule has 0 saturated carbocycles. The summed E-state index contributed by atoms with van der Waals surface area (Å²) in [5.41, 5.74) is -0.713. The van der Waals surface area contributed by atoms with Gasteiger partial charge in [0.1, 0.15) is 5.75 Å². The van der Waals surface area contributed by atoms with E-state index in [2.05, 4.69) is 4.74 Å². The lowest BCUT2D eigenvalue weighted by Gasteiger charge is -2.06. The van der Waals surface area contributed by atoms with Crippen molar-refractivity contribution in [2.24, 2.45) is 0 Å². The molecule has 0 aliphatic carbocycles. The molecule has 0 fully saturated rings. The fourth-order valence-electron chi connectivity index (χ4n) is 0.756. The molecule has 3 nitrogen and oxygen atoms in total. The molecule has 0 aliphatic heterocycles. The molecule has 76 valence electrons. The standard InChI is InChI=1S/C9H8Cl2O3/c1-6(10)13-9(12)14-8-4-2-7(11)3-5-8/h2-6H,1H3. The molecule has 0 aromatic heterocycles. The van der Waals surface area contributed by atoms with E-state index in [9.17, 15) is 4.79 Å². The molecule has 5 heteroatoms. The molecular weight excluding hydrogens is 227 g/mol. The summed E-state index contributed by atoms with van der Waals surface area (Å²) >= 11 is 11.1. The van der Waals surface area contributed by atoms with Crippen molar-refractivity contribution < 1.29 is 14.3 Å². The number of hydrogen-bond donors (Lipinski definition) is 0. The van der Waals surface area contributed by atoms with Crippen molar-refractivity contribution in [2.45, 2.75) is 12.5 Å². The molecule has 1 atom stereocenters. The summed E-state index contributed by atoms with van der Waals surface area (Å²) in [7, 11) is 0. The molecule has 0 spiro atoms. The highest BCUT2D eigenvalue weighted by molar-refractivity contribution is 6.30. The summed E-state index contributed by atoms with van der Waals surface area (Å²) in [5.74, 6) is 0.358. The summed E-state index contributed by atoms with van der Waals surface area (Å²) in [5, 5.41) is 0.566. The molecule has 0 aliphatic rings. The van der Waals surface area contributed by atoms with Crippen LogP contribution in [0.25, 0.3) is 0 Å². The van der Waals surface area contributed by atoms with Gasteiger partial charge in [-0.2, -0.15) is 0 Å². The molecule has 0 bridgehead atoms. The fourth-order valence-corrected chi connectivity index (χ4v) is 0.954. The van der Waals surface area contributed by atoms with Gasteiger partial charge in [0.2, 0.25) is 0 Å². The van der Waals surface area contributed by atoms with Gasteiger partial charge in [0.25, 0.3) is 0 Å². The lowest BCUT2D eigenvalue weighted by Crippen LogP contribution is -2.14. The molecule has 0 saturated heterocycles. The summed E-state index contributed by atoms with van der Waals surface area (Å²) in [6.45, 7) is 1.52. The van der Waals surface area contributed by atoms with Gasteiger partial charge in [0, 0.05) is 5.02 Å². The maximum Gasteiger partial charge on any atom is 0.515 e. The monoisotopic (exact) mass is 234 g/mol. The smallest absolute Gasteiger partial charge is 0.415 e. The van der Waals surface area contributed by atoms with Crippen molar-refractivity contribution in [1.82, 2.24) is 0 Å². The van der Waals surface area contributed by atoms with Crippen LogP contribution in [0.5, 0.6) is 5.75 Å². The maximum absolute atomic E-state index is 10.9. The van der Waals surface area contributed by atoms with Crippen molar-refractivity contribution in [3.05, 3.63) is 29.3 Å². The summed E-state index contributed by atoms with van der Waals surface area (Å²) in [6.07, 6.45) is -0.838. The fraction of sp³-hybridized carbons (Fsp3) is 0.222. The number of rotatable bonds is 2. The van der Waals surface area contributed by atoms with Crippen LogP contribution in [0.3, 0.4) is 0 Å². The summed E-state index contributed by atoms with van der Waals surface area (Å²) < 4.78 is 9.33. The van der Waals surface area contributed by atoms with Crippen LogP contribution in [0.1, 0.15) is 6.92 Å². The van der Waals surface area contributed by atoms with E-state index in [0.717, 1.165) is 0 Å². The topological polar surface area (TPSA) is 35.5 Å². The van der Waals surface area contributed by atoms with Gasteiger partial charge in [0.15, 0.2) is 5.56 Å². The third-order valence-electron chi connectivity index (χ3n) is 1.27. The van der Waals surface area contributed by atoms with Crippen molar-refractivity contribution in [1.29, 1.82) is 0 Å². The van der Waals surface area contributed by atoms with E-state index in [1.54, 1.807) is 24.3 Å². The minimum Gasteiger partial charge on any atom is -0.415 e. The Hall–Kier alpha value is -0.930. The van der Waals surface area contributed by atoms with Gasteiger partial charge in [-0.3, -0.25) is 0 Å². The Bertz CT molecular complexity index is 308. The first-order valence-electron chi connectivity index (χ1n) is 3.86. The number of hydrogen-bond acceptors (Lipinski definition) is 3. The summed E-state index contributed by atoms with van der Waals surface area (Å²) in [6, 6.07) is 6.33. The first kappa shape index (κ1) is 11.1. The first-order valence-corrected chi connectivity index (χ1v) is 4.67. The van der Waals surface area contributed by atoms with Crippen LogP contribution in [-0.2, 0) is 4.74 Å². The number of ether oxygens (including phenoxy) is 2. The highest BCUT2D eigenvalue weighted by atomic mass is 35.5. The molecule has 0 amide bonds. The molecule has 14 heavy (non-hydrogen) atoms. The Kier molecular flexibility index (Phi) is 4.04. The Balaban J connectivity index is 2.52. The molecule has 1 unspecified atom stereocenters. The van der Waals surface area contributed by atoms with Gasteiger partial charge in [0.05, 0.1) is 0 Å². The van der Waals surface area contributed by atoms with E-state index in [1.165, 1.54) is 6.92 Å². The van der Waals surface area contributed by atoms with Gasteiger partial charge in [-0.15, -0.1) is 0 Å². The maximum atomic E-state index is 10.9. The average Bonchev–Trinajstić information content (AvgIpc) is 2.07. The quantitative estimate of drug-likeness (QED) is 0.447. The Morgan fingerprint density at radius 3 is 2.43 bits per heavy atom. The molecule has 1 aromatic carbocycles. The van der Waals surface area contributed by atoms with Crippen LogP contribution in [0.2, 0.25) is 5.02 Å². The van der Waals surface area contributed by atoms with Crippen molar-refractivity contribution >= 4 is 29.4 Å². The molecule has 1 aromatic rings. The largest absolute Gasteiger partial charge is 0.515 e. The zero-order valence-corrected chi connectivity index (χ0v) is 8.88. The van der Waals surface area contributed by atoms with E-state index < -0.39 is 11.7 Å². The molecule has 0 N–H and O–H groups in total. The highest BCUT2D eigenvalue weighted by Gasteiger charge is 2.08. The van der Waals surface area contributed by atoms with E-state index in [0.29, 0.717) is 10.8 Å². The second kappa shape index (κ2) is 5.08. The Morgan fingerprint density at radius 1 is 1.36 bits per heavy atom. The Labute approximate surface area is 91.5 Å². The highest BCUT2D eigenvalue weighted by Crippen LogP contribution is 2.16. The van der Waals surface area contributed by atoms with Crippen LogP contribution in [0, 0.1) is 0 Å². The number of alkyl halides is 1. The number of benzene rings is 1. The third kappa shape index (κ3) is 3.85. The summed E-state index contributed by atoms with van der Waals surface area (Å²) in [4.78, 5) is 10.9. The minimum atomic E-state index is -0.838. The Morgan fingerprint density at radius 2 is 1.93 bits per heavy atom. The van der Waals surface area contributed by atoms with E-state index in [1.807, 2.05) is 0 Å². The zero-order valence-electron chi connectivity index (χ0n) is 7.37. The van der Waals surface area contributed by atoms with Crippen molar-refractivity contribution in [3.8, 4) is 5.75 Å². The average molecular weight is 235 g/mol. The predicted octanol–water partition coefficient (Wildman–Crippen LogP) is 3.44. The van der Waals surface area contributed by atoms with Gasteiger partial charge < -0.3 is 9.47 Å². The normalized spacial score (nSPS) is 11.9. The van der Waals surface area contributed by atoms with E-state index in [-0.39, 0.29) is 0 Å². The number of carbonyl (C=O) groups excluding carboxylic acids is 1. The van der Waals surface area contributed by atoms with Gasteiger partial charge in [-0.1, -0.05) is 23.2 Å². The lowest BCUT2D eigenvalue weighted by molar-refractivity contribution is 0.0924. The SMILES string of the molecule is CC(Cl)OC(=O)Oc1ccc(Cl)cc1. The van der Waals surface area contributed by atoms with Gasteiger partial charge in [-0.05, 0) is 31.2 Å². The molecular formula is C9H8Cl2O3. The minimum absolute atomic E-state index is 0.358. The van der Waals surface area contributed by atoms with E-state index >= 15 is 0 Å². The van der Waals surface area contributed by atoms with Crippen LogP contribution >= 0.6 is 23.2 Å². The van der Waals surface area contributed by atoms with Crippen molar-refractivity contribution in [2.75, 3.05) is 0 Å². The second-order valence-electron chi connectivity index (χ2n) is 2.47. The van der Waals surface area contributed by atoms with Gasteiger partial charge in [-0.25, -0.2) is 4.79 Å². The zero-order chi connectivity index (χ0) is 10.6. The third-order valence-corrected chi connectivity index (χ3v) is 1.61. The molecule has 1 rings (SSSR count). The first-order chi connectivity index (χ1) is 6.58. The number of carbonyl (C=O) groups is 1. The van der Waals surface area contributed by atoms with Crippen LogP contribution in [0.4, 0.5) is 4.79 Å². The molecule has 0 heterocycles. The van der Waals surface area contributed by atoms with Gasteiger partial charge >= 0.3 is 6.16 Å². The van der Waals surface area contributed by atoms with Crippen LogP contribution < -0.4 is 4.74 Å². The van der Waals surface area contributed by atoms with Crippen LogP contribution in [0.15, 0.2) is 24.3 Å². The molecule has 0 radical (unpaired) electrons. The predicted molar refractivity (Wildman–Crippen MR) is 53.9 cm³/mol. The van der Waals surface area contributed by atoms with E-state index in [4.69, 9.17) is 27.9 Å². The lowest BCUT2D eigenvalue weighted by atomic mass is 10.3. The van der Waals surface area contributed by atoms with Crippen molar-refractivity contribution in [3.63, 3.8) is 0 Å². The van der Waals surface area contributed by atoms with Crippen LogP contribution in [-0.4, -0.2) is 11.7 Å².